The molecule has 3 rings (SSSR count). The molecule has 0 heterocycles. The van der Waals surface area contributed by atoms with E-state index in [4.69, 9.17) is 16.3 Å². The van der Waals surface area contributed by atoms with Crippen LogP contribution >= 0.6 is 11.6 Å². The van der Waals surface area contributed by atoms with Crippen LogP contribution in [0.5, 0.6) is 0 Å². The van der Waals surface area contributed by atoms with Crippen molar-refractivity contribution in [3.63, 3.8) is 0 Å². The average Bonchev–Trinajstić information content (AvgIpc) is 2.79. The minimum Gasteiger partial charge on any atom is -0.465 e. The van der Waals surface area contributed by atoms with Gasteiger partial charge in [0, 0.05) is 11.6 Å². The second-order valence-electron chi connectivity index (χ2n) is 7.30. The van der Waals surface area contributed by atoms with Crippen LogP contribution in [0.4, 0.5) is 5.69 Å². The number of carbonyl (C=O) groups is 2. The predicted octanol–water partition coefficient (Wildman–Crippen LogP) is 4.26. The van der Waals surface area contributed by atoms with Gasteiger partial charge in [-0.25, -0.2) is 13.2 Å². The van der Waals surface area contributed by atoms with Crippen LogP contribution in [0.25, 0.3) is 0 Å². The Bertz CT molecular complexity index is 1260. The van der Waals surface area contributed by atoms with Gasteiger partial charge in [0.15, 0.2) is 0 Å². The quantitative estimate of drug-likeness (QED) is 0.480. The SMILES string of the molecule is COC(=O)c1ccccc1NC(=O)CN(Cc1cccc(Cl)c1)S(=O)(=O)c1ccc(C)cc1. The van der Waals surface area contributed by atoms with Crippen LogP contribution in [0.3, 0.4) is 0 Å². The van der Waals surface area contributed by atoms with Crippen LogP contribution in [-0.4, -0.2) is 38.3 Å². The summed E-state index contributed by atoms with van der Waals surface area (Å²) < 4.78 is 32.6. The van der Waals surface area contributed by atoms with Gasteiger partial charge < -0.3 is 10.1 Å². The van der Waals surface area contributed by atoms with E-state index in [9.17, 15) is 18.0 Å². The highest BCUT2D eigenvalue weighted by Gasteiger charge is 2.27. The Labute approximate surface area is 198 Å². The average molecular weight is 487 g/mol. The normalized spacial score (nSPS) is 11.3. The molecule has 0 atom stereocenters. The lowest BCUT2D eigenvalue weighted by atomic mass is 10.2. The minimum absolute atomic E-state index is 0.0666. The van der Waals surface area contributed by atoms with Gasteiger partial charge in [-0.15, -0.1) is 0 Å². The van der Waals surface area contributed by atoms with Crippen LogP contribution in [0.2, 0.25) is 5.02 Å². The van der Waals surface area contributed by atoms with E-state index in [-0.39, 0.29) is 22.7 Å². The van der Waals surface area contributed by atoms with Crippen molar-refractivity contribution in [2.45, 2.75) is 18.4 Å². The van der Waals surface area contributed by atoms with Crippen LogP contribution < -0.4 is 5.32 Å². The van der Waals surface area contributed by atoms with E-state index in [0.717, 1.165) is 9.87 Å². The Morgan fingerprint density at radius 1 is 1.00 bits per heavy atom. The van der Waals surface area contributed by atoms with Crippen molar-refractivity contribution in [1.29, 1.82) is 0 Å². The van der Waals surface area contributed by atoms with Gasteiger partial charge in [0.2, 0.25) is 15.9 Å². The van der Waals surface area contributed by atoms with Crippen LogP contribution in [0.1, 0.15) is 21.5 Å². The molecule has 0 fully saturated rings. The van der Waals surface area contributed by atoms with Gasteiger partial charge >= 0.3 is 5.97 Å². The number of anilines is 1. The highest BCUT2D eigenvalue weighted by Crippen LogP contribution is 2.22. The number of sulfonamides is 1. The van der Waals surface area contributed by atoms with Crippen molar-refractivity contribution < 1.29 is 22.7 Å². The fraction of sp³-hybridized carbons (Fsp3) is 0.167. The first-order chi connectivity index (χ1) is 15.7. The van der Waals surface area contributed by atoms with E-state index in [2.05, 4.69) is 5.32 Å². The van der Waals surface area contributed by atoms with Crippen molar-refractivity contribution in [1.82, 2.24) is 4.31 Å². The van der Waals surface area contributed by atoms with Gasteiger partial charge in [-0.3, -0.25) is 4.79 Å². The molecule has 1 N–H and O–H groups in total. The topological polar surface area (TPSA) is 92.8 Å². The molecule has 3 aromatic rings. The molecule has 33 heavy (non-hydrogen) atoms. The molecule has 0 bridgehead atoms. The smallest absolute Gasteiger partial charge is 0.339 e. The third kappa shape index (κ3) is 6.19. The van der Waals surface area contributed by atoms with Crippen LogP contribution in [-0.2, 0) is 26.1 Å². The molecule has 0 saturated heterocycles. The number of nitrogens with one attached hydrogen (secondary N) is 1. The second-order valence-corrected chi connectivity index (χ2v) is 9.68. The summed E-state index contributed by atoms with van der Waals surface area (Å²) in [4.78, 5) is 24.9. The first-order valence-corrected chi connectivity index (χ1v) is 11.8. The van der Waals surface area contributed by atoms with Crippen molar-refractivity contribution in [3.05, 3.63) is 94.5 Å². The molecule has 0 aromatic heterocycles. The molecule has 0 spiro atoms. The Morgan fingerprint density at radius 2 is 1.70 bits per heavy atom. The van der Waals surface area contributed by atoms with Crippen LogP contribution in [0.15, 0.2) is 77.7 Å². The first-order valence-electron chi connectivity index (χ1n) is 9.99. The fourth-order valence-electron chi connectivity index (χ4n) is 3.15. The number of hydrogen-bond acceptors (Lipinski definition) is 5. The maximum atomic E-state index is 13.4. The summed E-state index contributed by atoms with van der Waals surface area (Å²) >= 11 is 6.06. The Balaban J connectivity index is 1.90. The maximum absolute atomic E-state index is 13.4. The number of methoxy groups -OCH3 is 1. The van der Waals surface area contributed by atoms with Crippen molar-refractivity contribution in [2.24, 2.45) is 0 Å². The molecule has 172 valence electrons. The lowest BCUT2D eigenvalue weighted by molar-refractivity contribution is -0.116. The summed E-state index contributed by atoms with van der Waals surface area (Å²) in [6.45, 7) is 1.31. The number of hydrogen-bond donors (Lipinski definition) is 1. The maximum Gasteiger partial charge on any atom is 0.339 e. The molecule has 0 aliphatic rings. The standard InChI is InChI=1S/C24H23ClN2O5S/c1-17-10-12-20(13-11-17)33(30,31)27(15-18-6-5-7-19(25)14-18)16-23(28)26-22-9-4-3-8-21(22)24(29)32-2/h3-14H,15-16H2,1-2H3,(H,26,28). The van der Waals surface area contributed by atoms with Gasteiger partial charge in [0.25, 0.3) is 0 Å². The lowest BCUT2D eigenvalue weighted by Crippen LogP contribution is -2.37. The van der Waals surface area contributed by atoms with Gasteiger partial charge in [0.05, 0.1) is 29.8 Å². The zero-order valence-corrected chi connectivity index (χ0v) is 19.7. The molecule has 1 amide bonds. The van der Waals surface area contributed by atoms with E-state index in [1.54, 1.807) is 54.6 Å². The number of halogens is 1. The molecule has 3 aromatic carbocycles. The minimum atomic E-state index is -4.01. The van der Waals surface area contributed by atoms with E-state index in [1.807, 2.05) is 6.92 Å². The number of amides is 1. The largest absolute Gasteiger partial charge is 0.465 e. The Kier molecular flexibility index (Phi) is 7.86. The fourth-order valence-corrected chi connectivity index (χ4v) is 4.75. The predicted molar refractivity (Wildman–Crippen MR) is 127 cm³/mol. The Hall–Kier alpha value is -3.20. The molecular weight excluding hydrogens is 464 g/mol. The molecule has 7 nitrogen and oxygen atoms in total. The van der Waals surface area contributed by atoms with E-state index in [0.29, 0.717) is 10.6 Å². The summed E-state index contributed by atoms with van der Waals surface area (Å²) in [5.74, 6) is -1.22. The van der Waals surface area contributed by atoms with Crippen molar-refractivity contribution in [2.75, 3.05) is 19.0 Å². The number of ether oxygens (including phenoxy) is 1. The number of aryl methyl sites for hydroxylation is 1. The molecule has 0 unspecified atom stereocenters. The zero-order valence-electron chi connectivity index (χ0n) is 18.1. The van der Waals surface area contributed by atoms with E-state index >= 15 is 0 Å². The van der Waals surface area contributed by atoms with Crippen LogP contribution in [0, 0.1) is 6.92 Å². The molecule has 0 aliphatic carbocycles. The number of para-hydroxylation sites is 1. The van der Waals surface area contributed by atoms with Gasteiger partial charge in [-0.2, -0.15) is 4.31 Å². The molecule has 0 aliphatic heterocycles. The summed E-state index contributed by atoms with van der Waals surface area (Å²) in [6, 6.07) is 19.5. The third-order valence-corrected chi connectivity index (χ3v) is 6.87. The highest BCUT2D eigenvalue weighted by molar-refractivity contribution is 7.89. The molecule has 9 heteroatoms. The Morgan fingerprint density at radius 3 is 2.36 bits per heavy atom. The highest BCUT2D eigenvalue weighted by atomic mass is 35.5. The summed E-state index contributed by atoms with van der Waals surface area (Å²) in [5, 5.41) is 3.07. The molecular formula is C24H23ClN2O5S. The third-order valence-electron chi connectivity index (χ3n) is 4.83. The van der Waals surface area contributed by atoms with Gasteiger partial charge in [-0.1, -0.05) is 53.6 Å². The summed E-state index contributed by atoms with van der Waals surface area (Å²) in [6.07, 6.45) is 0. The zero-order chi connectivity index (χ0) is 24.0. The van der Waals surface area contributed by atoms with Gasteiger partial charge in [0.1, 0.15) is 0 Å². The first kappa shape index (κ1) is 24.4. The monoisotopic (exact) mass is 486 g/mol. The second kappa shape index (κ2) is 10.6. The number of benzene rings is 3. The number of carbonyl (C=O) groups excluding carboxylic acids is 2. The molecule has 0 saturated carbocycles. The molecule has 0 radical (unpaired) electrons. The summed E-state index contributed by atoms with van der Waals surface area (Å²) in [5.41, 5.74) is 1.93. The number of rotatable bonds is 8. The number of nitrogens with zero attached hydrogens (tertiary/aromatic N) is 1. The lowest BCUT2D eigenvalue weighted by Gasteiger charge is -2.22. The van der Waals surface area contributed by atoms with E-state index in [1.165, 1.54) is 25.3 Å². The summed E-state index contributed by atoms with van der Waals surface area (Å²) in [7, 11) is -2.77. The van der Waals surface area contributed by atoms with Crippen molar-refractivity contribution in [3.8, 4) is 0 Å². The van der Waals surface area contributed by atoms with Gasteiger partial charge in [-0.05, 0) is 48.9 Å². The number of esters is 1. The van der Waals surface area contributed by atoms with Crippen molar-refractivity contribution >= 4 is 39.2 Å². The van der Waals surface area contributed by atoms with E-state index < -0.39 is 28.4 Å².